The van der Waals surface area contributed by atoms with Crippen molar-refractivity contribution in [2.24, 2.45) is 5.14 Å². The number of carbonyl (C=O) groups excluding carboxylic acids is 2. The molecule has 5 aromatic rings. The number of aromatic nitrogens is 1. The SMILES string of the molecule is NS(=O)(=O)c1ccc(CCN(C2CC(=O)N(c3ccc(-c4nc5ccccc5o4)cc3)C2=O)S(=O)(=O)c2ccccc2)cc1. The van der Waals surface area contributed by atoms with Gasteiger partial charge in [0, 0.05) is 12.1 Å². The first kappa shape index (κ1) is 29.4. The quantitative estimate of drug-likeness (QED) is 0.241. The molecule has 1 atom stereocenters. The Kier molecular flexibility index (Phi) is 7.63. The lowest BCUT2D eigenvalue weighted by atomic mass is 10.1. The summed E-state index contributed by atoms with van der Waals surface area (Å²) in [4.78, 5) is 32.4. The molecule has 0 aliphatic carbocycles. The summed E-state index contributed by atoms with van der Waals surface area (Å²) in [5.74, 6) is -0.832. The van der Waals surface area contributed by atoms with E-state index >= 15 is 0 Å². The smallest absolute Gasteiger partial charge is 0.252 e. The van der Waals surface area contributed by atoms with Crippen LogP contribution in [0.3, 0.4) is 0 Å². The van der Waals surface area contributed by atoms with Gasteiger partial charge in [0.1, 0.15) is 11.6 Å². The average Bonchev–Trinajstić information content (AvgIpc) is 3.58. The molecule has 224 valence electrons. The van der Waals surface area contributed by atoms with E-state index in [4.69, 9.17) is 9.56 Å². The molecule has 0 saturated carbocycles. The average molecular weight is 631 g/mol. The predicted octanol–water partition coefficient (Wildman–Crippen LogP) is 3.71. The normalized spacial score (nSPS) is 15.9. The summed E-state index contributed by atoms with van der Waals surface area (Å²) in [6, 6.07) is 26.0. The zero-order chi connectivity index (χ0) is 31.1. The van der Waals surface area contributed by atoms with E-state index in [1.165, 1.54) is 36.4 Å². The lowest BCUT2D eigenvalue weighted by molar-refractivity contribution is -0.122. The third kappa shape index (κ3) is 5.65. The van der Waals surface area contributed by atoms with Crippen LogP contribution in [0.5, 0.6) is 0 Å². The van der Waals surface area contributed by atoms with Crippen molar-refractivity contribution in [3.63, 3.8) is 0 Å². The largest absolute Gasteiger partial charge is 0.436 e. The fourth-order valence-corrected chi connectivity index (χ4v) is 7.24. The van der Waals surface area contributed by atoms with E-state index in [9.17, 15) is 26.4 Å². The molecule has 1 fully saturated rings. The first-order valence-corrected chi connectivity index (χ1v) is 16.5. The zero-order valence-corrected chi connectivity index (χ0v) is 24.7. The first-order chi connectivity index (χ1) is 21.0. The number of anilines is 1. The van der Waals surface area contributed by atoms with Crippen LogP contribution in [0.2, 0.25) is 0 Å². The van der Waals surface area contributed by atoms with Crippen LogP contribution in [0.25, 0.3) is 22.6 Å². The number of rotatable bonds is 9. The van der Waals surface area contributed by atoms with E-state index in [1.807, 2.05) is 18.2 Å². The second-order valence-electron chi connectivity index (χ2n) is 10.2. The maximum absolute atomic E-state index is 13.8. The molecule has 2 amide bonds. The number of benzene rings is 4. The minimum atomic E-state index is -4.21. The highest BCUT2D eigenvalue weighted by molar-refractivity contribution is 7.89. The highest BCUT2D eigenvalue weighted by atomic mass is 32.2. The molecule has 0 bridgehead atoms. The van der Waals surface area contributed by atoms with Crippen LogP contribution in [0.15, 0.2) is 117 Å². The van der Waals surface area contributed by atoms with E-state index in [2.05, 4.69) is 4.98 Å². The van der Waals surface area contributed by atoms with Gasteiger partial charge in [0.15, 0.2) is 5.58 Å². The minimum absolute atomic E-state index is 0.0223. The van der Waals surface area contributed by atoms with Crippen LogP contribution in [-0.4, -0.2) is 50.5 Å². The Balaban J connectivity index is 1.28. The topological polar surface area (TPSA) is 161 Å². The van der Waals surface area contributed by atoms with E-state index in [0.29, 0.717) is 28.1 Å². The van der Waals surface area contributed by atoms with Crippen molar-refractivity contribution < 1.29 is 30.8 Å². The van der Waals surface area contributed by atoms with Crippen molar-refractivity contribution in [1.29, 1.82) is 0 Å². The molecule has 44 heavy (non-hydrogen) atoms. The molecule has 1 aliphatic heterocycles. The molecule has 1 aliphatic rings. The second kappa shape index (κ2) is 11.4. The molecular weight excluding hydrogens is 604 g/mol. The van der Waals surface area contributed by atoms with Crippen molar-refractivity contribution >= 4 is 48.6 Å². The summed E-state index contributed by atoms with van der Waals surface area (Å²) >= 11 is 0. The molecule has 1 aromatic heterocycles. The monoisotopic (exact) mass is 630 g/mol. The number of nitrogens with two attached hydrogens (primary N) is 1. The lowest BCUT2D eigenvalue weighted by Gasteiger charge is -2.27. The molecule has 11 nitrogen and oxygen atoms in total. The van der Waals surface area contributed by atoms with Crippen molar-refractivity contribution in [1.82, 2.24) is 9.29 Å². The van der Waals surface area contributed by atoms with Gasteiger partial charge < -0.3 is 4.42 Å². The number of oxazole rings is 1. The number of amides is 2. The van der Waals surface area contributed by atoms with Gasteiger partial charge in [0.05, 0.1) is 21.9 Å². The number of fused-ring (bicyclic) bond motifs is 1. The van der Waals surface area contributed by atoms with Gasteiger partial charge in [-0.3, -0.25) is 9.59 Å². The van der Waals surface area contributed by atoms with Gasteiger partial charge in [0.25, 0.3) is 5.91 Å². The van der Waals surface area contributed by atoms with Gasteiger partial charge in [-0.05, 0) is 72.6 Å². The third-order valence-electron chi connectivity index (χ3n) is 7.36. The fraction of sp³-hybridized carbons (Fsp3) is 0.129. The highest BCUT2D eigenvalue weighted by Crippen LogP contribution is 2.32. The van der Waals surface area contributed by atoms with Crippen LogP contribution in [0.4, 0.5) is 5.69 Å². The summed E-state index contributed by atoms with van der Waals surface area (Å²) in [6.45, 7) is -0.139. The zero-order valence-electron chi connectivity index (χ0n) is 23.1. The van der Waals surface area contributed by atoms with Gasteiger partial charge in [-0.1, -0.05) is 42.5 Å². The Morgan fingerprint density at radius 1 is 0.818 bits per heavy atom. The summed E-state index contributed by atoms with van der Waals surface area (Å²) < 4.78 is 57.8. The summed E-state index contributed by atoms with van der Waals surface area (Å²) in [7, 11) is -8.10. The molecule has 2 N–H and O–H groups in total. The van der Waals surface area contributed by atoms with Gasteiger partial charge in [-0.15, -0.1) is 0 Å². The second-order valence-corrected chi connectivity index (χ2v) is 13.6. The predicted molar refractivity (Wildman–Crippen MR) is 162 cm³/mol. The van der Waals surface area contributed by atoms with Crippen LogP contribution in [0.1, 0.15) is 12.0 Å². The summed E-state index contributed by atoms with van der Waals surface area (Å²) in [6.07, 6.45) is -0.198. The number of hydrogen-bond donors (Lipinski definition) is 1. The van der Waals surface area contributed by atoms with Crippen LogP contribution >= 0.6 is 0 Å². The standard InChI is InChI=1S/C31H26N4O7S2/c32-43(38,39)24-16-10-21(11-17-24)18-19-34(44(40,41)25-6-2-1-3-7-25)27-20-29(36)35(31(27)37)23-14-12-22(13-15-23)30-33-26-8-4-5-9-28(26)42-30/h1-17,27H,18-20H2,(H2,32,38,39). The van der Waals surface area contributed by atoms with Crippen LogP contribution in [0, 0.1) is 0 Å². The summed E-state index contributed by atoms with van der Waals surface area (Å²) in [5.41, 5.74) is 2.87. The van der Waals surface area contributed by atoms with E-state index in [0.717, 1.165) is 9.21 Å². The molecule has 13 heteroatoms. The minimum Gasteiger partial charge on any atom is -0.436 e. The van der Waals surface area contributed by atoms with Crippen molar-refractivity contribution in [3.8, 4) is 11.5 Å². The Morgan fingerprint density at radius 2 is 1.48 bits per heavy atom. The van der Waals surface area contributed by atoms with Gasteiger partial charge in [0.2, 0.25) is 31.8 Å². The Hall–Kier alpha value is -4.69. The number of hydrogen-bond acceptors (Lipinski definition) is 8. The molecule has 1 saturated heterocycles. The fourth-order valence-electron chi connectivity index (χ4n) is 5.12. The van der Waals surface area contributed by atoms with Crippen molar-refractivity contribution in [2.45, 2.75) is 28.7 Å². The molecule has 0 radical (unpaired) electrons. The Bertz CT molecular complexity index is 2050. The number of imide groups is 1. The number of carbonyl (C=O) groups is 2. The van der Waals surface area contributed by atoms with Crippen molar-refractivity contribution in [3.05, 3.63) is 109 Å². The number of primary sulfonamides is 1. The van der Waals surface area contributed by atoms with Crippen LogP contribution < -0.4 is 10.0 Å². The maximum Gasteiger partial charge on any atom is 0.252 e. The third-order valence-corrected chi connectivity index (χ3v) is 10.2. The van der Waals surface area contributed by atoms with Gasteiger partial charge in [-0.25, -0.2) is 31.9 Å². The highest BCUT2D eigenvalue weighted by Gasteiger charge is 2.46. The number of nitrogens with zero attached hydrogens (tertiary/aromatic N) is 3. The molecule has 1 unspecified atom stereocenters. The number of para-hydroxylation sites is 2. The molecule has 6 rings (SSSR count). The van der Waals surface area contributed by atoms with E-state index in [1.54, 1.807) is 48.5 Å². The van der Waals surface area contributed by atoms with Crippen LogP contribution in [-0.2, 0) is 36.1 Å². The molecule has 4 aromatic carbocycles. The molecule has 2 heterocycles. The van der Waals surface area contributed by atoms with E-state index in [-0.39, 0.29) is 34.9 Å². The Morgan fingerprint density at radius 3 is 2.14 bits per heavy atom. The number of sulfonamides is 2. The lowest BCUT2D eigenvalue weighted by Crippen LogP contribution is -2.46. The maximum atomic E-state index is 13.8. The summed E-state index contributed by atoms with van der Waals surface area (Å²) in [5, 5.41) is 5.18. The van der Waals surface area contributed by atoms with Crippen molar-refractivity contribution in [2.75, 3.05) is 11.4 Å². The van der Waals surface area contributed by atoms with Gasteiger partial charge in [-0.2, -0.15) is 4.31 Å². The molecular formula is C31H26N4O7S2. The van der Waals surface area contributed by atoms with E-state index < -0.39 is 37.9 Å². The first-order valence-electron chi connectivity index (χ1n) is 13.5. The Labute approximate surface area is 253 Å². The molecule has 0 spiro atoms. The van der Waals surface area contributed by atoms with Gasteiger partial charge >= 0.3 is 0 Å².